The standard InChI is InChI=1S/C50H82NO8P/c1-3-5-7-9-11-13-15-17-19-20-21-22-23-24-25-26-27-28-29-31-33-35-37-39-41-43-50(53)59-48(47-58-60(54,55)57-45-44-51)46-56-49(52)42-40-38-36-34-32-30-18-16-14-12-10-8-6-4-2/h5,7,10-13,16-19,21-22,24-25,27-28,31,33,48H,3-4,6,8-9,14-15,20,23,26,29-30,32,34-47,51H2,1-2H3,(H,54,55)/b7-5-,12-10-,13-11-,18-16-,19-17-,22-21-,25-24-,28-27-,33-31-. The van der Waals surface area contributed by atoms with Gasteiger partial charge in [0.2, 0.25) is 0 Å². The summed E-state index contributed by atoms with van der Waals surface area (Å²) in [4.78, 5) is 34.9. The molecule has 0 spiro atoms. The molecule has 3 N–H and O–H groups in total. The SMILES string of the molecule is CC/C=C\C/C=C\C/C=C\C/C=C\C/C=C\C/C=C\C/C=C\CCCCCC(=O)OC(COC(=O)CCCCCCC/C=C\C/C=C\CCCC)COP(=O)(O)OCCN. The van der Waals surface area contributed by atoms with Gasteiger partial charge in [-0.05, 0) is 96.3 Å². The second-order valence-electron chi connectivity index (χ2n) is 14.5. The molecule has 9 nitrogen and oxygen atoms in total. The van der Waals surface area contributed by atoms with Crippen molar-refractivity contribution in [2.75, 3.05) is 26.4 Å². The first-order chi connectivity index (χ1) is 29.3. The van der Waals surface area contributed by atoms with Crippen LogP contribution in [0.5, 0.6) is 0 Å². The van der Waals surface area contributed by atoms with E-state index < -0.39 is 32.5 Å². The Morgan fingerprint density at radius 3 is 1.38 bits per heavy atom. The second kappa shape index (κ2) is 45.2. The van der Waals surface area contributed by atoms with E-state index in [-0.39, 0.29) is 32.6 Å². The van der Waals surface area contributed by atoms with Gasteiger partial charge < -0.3 is 20.1 Å². The molecule has 0 aliphatic rings. The van der Waals surface area contributed by atoms with Crippen molar-refractivity contribution in [1.29, 1.82) is 0 Å². The fourth-order valence-electron chi connectivity index (χ4n) is 5.51. The molecule has 0 heterocycles. The molecule has 10 heteroatoms. The number of nitrogens with two attached hydrogens (primary N) is 1. The van der Waals surface area contributed by atoms with Crippen LogP contribution in [0.25, 0.3) is 0 Å². The Kier molecular flexibility index (Phi) is 42.7. The van der Waals surface area contributed by atoms with Gasteiger partial charge in [-0.2, -0.15) is 0 Å². The van der Waals surface area contributed by atoms with E-state index in [0.29, 0.717) is 12.8 Å². The summed E-state index contributed by atoms with van der Waals surface area (Å²) in [7, 11) is -4.40. The molecule has 0 amide bonds. The second-order valence-corrected chi connectivity index (χ2v) is 16.0. The molecule has 2 atom stereocenters. The number of phosphoric ester groups is 1. The number of hydrogen-bond acceptors (Lipinski definition) is 8. The molecule has 0 aliphatic carbocycles. The van der Waals surface area contributed by atoms with Crippen molar-refractivity contribution in [2.24, 2.45) is 5.73 Å². The fourth-order valence-corrected chi connectivity index (χ4v) is 6.28. The largest absolute Gasteiger partial charge is 0.472 e. The normalized spacial score (nSPS) is 14.3. The van der Waals surface area contributed by atoms with E-state index >= 15 is 0 Å². The minimum atomic E-state index is -4.40. The minimum Gasteiger partial charge on any atom is -0.462 e. The van der Waals surface area contributed by atoms with Gasteiger partial charge >= 0.3 is 19.8 Å². The van der Waals surface area contributed by atoms with Crippen LogP contribution in [0.3, 0.4) is 0 Å². The molecular formula is C50H82NO8P. The molecule has 0 fully saturated rings. The van der Waals surface area contributed by atoms with Crippen molar-refractivity contribution >= 4 is 19.8 Å². The lowest BCUT2D eigenvalue weighted by molar-refractivity contribution is -0.161. The van der Waals surface area contributed by atoms with Crippen LogP contribution in [0.15, 0.2) is 109 Å². The van der Waals surface area contributed by atoms with Crippen LogP contribution in [0, 0.1) is 0 Å². The Bertz CT molecular complexity index is 1340. The van der Waals surface area contributed by atoms with E-state index in [1.54, 1.807) is 0 Å². The summed E-state index contributed by atoms with van der Waals surface area (Å²) in [5, 5.41) is 0. The summed E-state index contributed by atoms with van der Waals surface area (Å²) < 4.78 is 32.8. The monoisotopic (exact) mass is 856 g/mol. The smallest absolute Gasteiger partial charge is 0.462 e. The van der Waals surface area contributed by atoms with Gasteiger partial charge in [0, 0.05) is 19.4 Å². The molecule has 0 aliphatic heterocycles. The Balaban J connectivity index is 4.24. The number of unbranched alkanes of at least 4 members (excludes halogenated alkanes) is 10. The third-order valence-corrected chi connectivity index (χ3v) is 9.88. The van der Waals surface area contributed by atoms with E-state index in [1.807, 2.05) is 0 Å². The van der Waals surface area contributed by atoms with Crippen LogP contribution in [0.2, 0.25) is 0 Å². The highest BCUT2D eigenvalue weighted by Gasteiger charge is 2.26. The topological polar surface area (TPSA) is 134 Å². The van der Waals surface area contributed by atoms with E-state index in [1.165, 1.54) is 12.8 Å². The highest BCUT2D eigenvalue weighted by Crippen LogP contribution is 2.43. The molecule has 60 heavy (non-hydrogen) atoms. The summed E-state index contributed by atoms with van der Waals surface area (Å²) in [6, 6.07) is 0. The maximum atomic E-state index is 12.6. The molecule has 0 aromatic heterocycles. The van der Waals surface area contributed by atoms with Crippen molar-refractivity contribution in [1.82, 2.24) is 0 Å². The maximum Gasteiger partial charge on any atom is 0.472 e. The van der Waals surface area contributed by atoms with Crippen LogP contribution < -0.4 is 5.73 Å². The predicted octanol–water partition coefficient (Wildman–Crippen LogP) is 13.6. The van der Waals surface area contributed by atoms with Crippen LogP contribution in [0.4, 0.5) is 0 Å². The van der Waals surface area contributed by atoms with Gasteiger partial charge in [0.25, 0.3) is 0 Å². The highest BCUT2D eigenvalue weighted by atomic mass is 31.2. The van der Waals surface area contributed by atoms with Gasteiger partial charge in [-0.1, -0.05) is 162 Å². The zero-order valence-electron chi connectivity index (χ0n) is 37.4. The molecule has 0 saturated heterocycles. The molecule has 340 valence electrons. The fraction of sp³-hybridized carbons (Fsp3) is 0.600. The Morgan fingerprint density at radius 1 is 0.517 bits per heavy atom. The quantitative estimate of drug-likeness (QED) is 0.0267. The number of carbonyl (C=O) groups excluding carboxylic acids is 2. The van der Waals surface area contributed by atoms with Crippen molar-refractivity contribution in [3.05, 3.63) is 109 Å². The Hall–Kier alpha value is -3.33. The average molecular weight is 856 g/mol. The van der Waals surface area contributed by atoms with Crippen molar-refractivity contribution in [2.45, 2.75) is 168 Å². The molecule has 0 bridgehead atoms. The van der Waals surface area contributed by atoms with E-state index in [2.05, 4.69) is 123 Å². The summed E-state index contributed by atoms with van der Waals surface area (Å²) in [6.07, 6.45) is 59.8. The minimum absolute atomic E-state index is 0.0390. The highest BCUT2D eigenvalue weighted by molar-refractivity contribution is 7.47. The molecular weight excluding hydrogens is 774 g/mol. The Labute approximate surface area is 365 Å². The van der Waals surface area contributed by atoms with E-state index in [9.17, 15) is 19.0 Å². The predicted molar refractivity (Wildman–Crippen MR) is 251 cm³/mol. The van der Waals surface area contributed by atoms with E-state index in [0.717, 1.165) is 109 Å². The van der Waals surface area contributed by atoms with E-state index in [4.69, 9.17) is 24.3 Å². The van der Waals surface area contributed by atoms with Crippen molar-refractivity contribution in [3.8, 4) is 0 Å². The first kappa shape index (κ1) is 56.7. The molecule has 2 unspecified atom stereocenters. The zero-order valence-corrected chi connectivity index (χ0v) is 38.3. The molecule has 0 saturated carbocycles. The van der Waals surface area contributed by atoms with Crippen LogP contribution in [-0.2, 0) is 32.7 Å². The third-order valence-electron chi connectivity index (χ3n) is 8.89. The average Bonchev–Trinajstić information content (AvgIpc) is 3.24. The van der Waals surface area contributed by atoms with Crippen molar-refractivity contribution < 1.29 is 37.6 Å². The molecule has 0 rings (SSSR count). The van der Waals surface area contributed by atoms with Gasteiger partial charge in [0.15, 0.2) is 6.10 Å². The number of carbonyl (C=O) groups is 2. The van der Waals surface area contributed by atoms with Gasteiger partial charge in [0.1, 0.15) is 6.61 Å². The summed E-state index contributed by atoms with van der Waals surface area (Å²) in [6.45, 7) is 3.49. The van der Waals surface area contributed by atoms with Crippen LogP contribution >= 0.6 is 7.82 Å². The lowest BCUT2D eigenvalue weighted by Crippen LogP contribution is -2.29. The van der Waals surface area contributed by atoms with Crippen LogP contribution in [-0.4, -0.2) is 49.3 Å². The molecule has 0 aromatic rings. The lowest BCUT2D eigenvalue weighted by Gasteiger charge is -2.19. The summed E-state index contributed by atoms with van der Waals surface area (Å²) in [5.74, 6) is -0.895. The zero-order chi connectivity index (χ0) is 43.9. The number of esters is 2. The summed E-state index contributed by atoms with van der Waals surface area (Å²) in [5.41, 5.74) is 5.35. The van der Waals surface area contributed by atoms with Gasteiger partial charge in [0.05, 0.1) is 13.2 Å². The van der Waals surface area contributed by atoms with Crippen molar-refractivity contribution in [3.63, 3.8) is 0 Å². The first-order valence-electron chi connectivity index (χ1n) is 22.9. The number of hydrogen-bond donors (Lipinski definition) is 2. The number of phosphoric acid groups is 1. The van der Waals surface area contributed by atoms with Gasteiger partial charge in [-0.15, -0.1) is 0 Å². The van der Waals surface area contributed by atoms with Crippen LogP contribution in [0.1, 0.15) is 162 Å². The number of rotatable bonds is 41. The third kappa shape index (κ3) is 44.2. The number of allylic oxidation sites excluding steroid dienone is 18. The lowest BCUT2D eigenvalue weighted by atomic mass is 10.1. The molecule has 0 aromatic carbocycles. The number of ether oxygens (including phenoxy) is 2. The van der Waals surface area contributed by atoms with Gasteiger partial charge in [-0.25, -0.2) is 4.57 Å². The maximum absolute atomic E-state index is 12.6. The molecule has 0 radical (unpaired) electrons. The Morgan fingerprint density at radius 2 is 0.917 bits per heavy atom. The first-order valence-corrected chi connectivity index (χ1v) is 24.4. The summed E-state index contributed by atoms with van der Waals surface area (Å²) >= 11 is 0. The van der Waals surface area contributed by atoms with Gasteiger partial charge in [-0.3, -0.25) is 18.6 Å².